The molecule has 5 heteroatoms. The molecule has 2 aromatic rings. The molecular formula is C16H20FN3O. The van der Waals surface area contributed by atoms with E-state index in [1.807, 2.05) is 25.6 Å². The van der Waals surface area contributed by atoms with Gasteiger partial charge in [-0.25, -0.2) is 4.39 Å². The fourth-order valence-corrected chi connectivity index (χ4v) is 2.36. The molecule has 1 heterocycles. The highest BCUT2D eigenvalue weighted by atomic mass is 19.1. The molecule has 0 saturated heterocycles. The second kappa shape index (κ2) is 6.52. The molecule has 0 radical (unpaired) electrons. The Morgan fingerprint density at radius 1 is 1.29 bits per heavy atom. The maximum Gasteiger partial charge on any atom is 0.224 e. The van der Waals surface area contributed by atoms with E-state index in [-0.39, 0.29) is 18.1 Å². The smallest absolute Gasteiger partial charge is 0.224 e. The molecule has 2 rings (SSSR count). The Kier molecular flexibility index (Phi) is 4.73. The van der Waals surface area contributed by atoms with Crippen molar-refractivity contribution in [1.29, 1.82) is 0 Å². The van der Waals surface area contributed by atoms with E-state index in [0.717, 1.165) is 23.4 Å². The van der Waals surface area contributed by atoms with Crippen LogP contribution < -0.4 is 5.32 Å². The average Bonchev–Trinajstić information content (AvgIpc) is 2.68. The summed E-state index contributed by atoms with van der Waals surface area (Å²) < 4.78 is 14.6. The molecule has 0 unspecified atom stereocenters. The van der Waals surface area contributed by atoms with Gasteiger partial charge in [-0.2, -0.15) is 5.10 Å². The Balaban J connectivity index is 1.83. The third kappa shape index (κ3) is 3.90. The highest BCUT2D eigenvalue weighted by molar-refractivity contribution is 5.78. The van der Waals surface area contributed by atoms with Crippen LogP contribution in [0.2, 0.25) is 0 Å². The lowest BCUT2D eigenvalue weighted by Crippen LogP contribution is -2.27. The largest absolute Gasteiger partial charge is 0.355 e. The maximum atomic E-state index is 12.8. The van der Waals surface area contributed by atoms with Crippen LogP contribution in [0.1, 0.15) is 22.5 Å². The second-order valence-electron chi connectivity index (χ2n) is 5.18. The Hall–Kier alpha value is -2.17. The number of carbonyl (C=O) groups is 1. The van der Waals surface area contributed by atoms with Crippen molar-refractivity contribution < 1.29 is 9.18 Å². The van der Waals surface area contributed by atoms with Crippen molar-refractivity contribution in [1.82, 2.24) is 15.1 Å². The molecule has 0 atom stereocenters. The topological polar surface area (TPSA) is 46.9 Å². The summed E-state index contributed by atoms with van der Waals surface area (Å²) in [7, 11) is 1.92. The average molecular weight is 289 g/mol. The predicted octanol–water partition coefficient (Wildman–Crippen LogP) is 2.08. The zero-order valence-electron chi connectivity index (χ0n) is 12.6. The lowest BCUT2D eigenvalue weighted by Gasteiger charge is -2.06. The minimum Gasteiger partial charge on any atom is -0.355 e. The molecule has 1 N–H and O–H groups in total. The van der Waals surface area contributed by atoms with E-state index in [1.165, 1.54) is 17.7 Å². The van der Waals surface area contributed by atoms with E-state index in [2.05, 4.69) is 10.4 Å². The maximum absolute atomic E-state index is 12.8. The molecule has 1 aromatic heterocycles. The number of halogens is 1. The Morgan fingerprint density at radius 3 is 2.52 bits per heavy atom. The highest BCUT2D eigenvalue weighted by Gasteiger charge is 2.09. The quantitative estimate of drug-likeness (QED) is 0.916. The van der Waals surface area contributed by atoms with Crippen LogP contribution in [-0.4, -0.2) is 22.2 Å². The number of nitrogens with zero attached hydrogens (tertiary/aromatic N) is 2. The number of rotatable bonds is 5. The third-order valence-electron chi connectivity index (χ3n) is 3.63. The molecule has 0 aliphatic rings. The van der Waals surface area contributed by atoms with E-state index >= 15 is 0 Å². The van der Waals surface area contributed by atoms with E-state index in [0.29, 0.717) is 6.54 Å². The van der Waals surface area contributed by atoms with Gasteiger partial charge in [0.1, 0.15) is 5.82 Å². The van der Waals surface area contributed by atoms with Crippen LogP contribution in [0.15, 0.2) is 24.3 Å². The van der Waals surface area contributed by atoms with E-state index in [1.54, 1.807) is 12.1 Å². The van der Waals surface area contributed by atoms with Crippen molar-refractivity contribution in [3.05, 3.63) is 52.6 Å². The van der Waals surface area contributed by atoms with Crippen LogP contribution in [-0.2, 0) is 24.7 Å². The normalized spacial score (nSPS) is 10.7. The molecule has 0 aliphatic heterocycles. The molecule has 0 fully saturated rings. The van der Waals surface area contributed by atoms with Gasteiger partial charge < -0.3 is 5.32 Å². The summed E-state index contributed by atoms with van der Waals surface area (Å²) >= 11 is 0. The van der Waals surface area contributed by atoms with Crippen LogP contribution in [0.25, 0.3) is 0 Å². The van der Waals surface area contributed by atoms with Crippen molar-refractivity contribution in [3.8, 4) is 0 Å². The molecular weight excluding hydrogens is 269 g/mol. The number of nitrogens with one attached hydrogen (secondary N) is 1. The number of benzene rings is 1. The summed E-state index contributed by atoms with van der Waals surface area (Å²) in [5, 5.41) is 7.24. The van der Waals surface area contributed by atoms with Crippen molar-refractivity contribution in [2.45, 2.75) is 26.7 Å². The molecule has 21 heavy (non-hydrogen) atoms. The summed E-state index contributed by atoms with van der Waals surface area (Å²) in [6, 6.07) is 5.99. The molecule has 4 nitrogen and oxygen atoms in total. The standard InChI is InChI=1S/C16H20FN3O/c1-11-15(12(2)20(3)19-11)8-9-18-16(21)10-13-4-6-14(17)7-5-13/h4-7H,8-10H2,1-3H3,(H,18,21). The summed E-state index contributed by atoms with van der Waals surface area (Å²) in [4.78, 5) is 11.8. The SMILES string of the molecule is Cc1nn(C)c(C)c1CCNC(=O)Cc1ccc(F)cc1. The molecule has 0 spiro atoms. The molecule has 0 saturated carbocycles. The van der Waals surface area contributed by atoms with Gasteiger partial charge in [0.15, 0.2) is 0 Å². The Bertz CT molecular complexity index is 632. The summed E-state index contributed by atoms with van der Waals surface area (Å²) in [6.07, 6.45) is 1.03. The number of aryl methyl sites for hydroxylation is 2. The fourth-order valence-electron chi connectivity index (χ4n) is 2.36. The first-order chi connectivity index (χ1) is 9.97. The van der Waals surface area contributed by atoms with Gasteiger partial charge in [0.25, 0.3) is 0 Å². The molecule has 112 valence electrons. The van der Waals surface area contributed by atoms with E-state index in [9.17, 15) is 9.18 Å². The van der Waals surface area contributed by atoms with Gasteiger partial charge in [-0.1, -0.05) is 12.1 Å². The summed E-state index contributed by atoms with van der Waals surface area (Å²) in [6.45, 7) is 4.58. The summed E-state index contributed by atoms with van der Waals surface area (Å²) in [5.74, 6) is -0.345. The van der Waals surface area contributed by atoms with Crippen LogP contribution >= 0.6 is 0 Å². The molecule has 0 aliphatic carbocycles. The predicted molar refractivity (Wildman–Crippen MR) is 79.5 cm³/mol. The van der Waals surface area contributed by atoms with Gasteiger partial charge in [-0.15, -0.1) is 0 Å². The van der Waals surface area contributed by atoms with Crippen molar-refractivity contribution in [3.63, 3.8) is 0 Å². The van der Waals surface area contributed by atoms with Gasteiger partial charge in [-0.05, 0) is 43.5 Å². The Labute approximate surface area is 124 Å². The van der Waals surface area contributed by atoms with E-state index < -0.39 is 0 Å². The zero-order chi connectivity index (χ0) is 15.4. The number of carbonyl (C=O) groups excluding carboxylic acids is 1. The number of hydrogen-bond acceptors (Lipinski definition) is 2. The monoisotopic (exact) mass is 289 g/mol. The van der Waals surface area contributed by atoms with Gasteiger partial charge in [-0.3, -0.25) is 9.48 Å². The van der Waals surface area contributed by atoms with Crippen molar-refractivity contribution in [2.24, 2.45) is 7.05 Å². The zero-order valence-corrected chi connectivity index (χ0v) is 12.6. The van der Waals surface area contributed by atoms with Gasteiger partial charge in [0.05, 0.1) is 12.1 Å². The Morgan fingerprint density at radius 2 is 1.95 bits per heavy atom. The first kappa shape index (κ1) is 15.2. The summed E-state index contributed by atoms with van der Waals surface area (Å²) in [5.41, 5.74) is 4.12. The third-order valence-corrected chi connectivity index (χ3v) is 3.63. The number of amides is 1. The molecule has 1 amide bonds. The van der Waals surface area contributed by atoms with Gasteiger partial charge >= 0.3 is 0 Å². The van der Waals surface area contributed by atoms with Crippen LogP contribution in [0.3, 0.4) is 0 Å². The lowest BCUT2D eigenvalue weighted by atomic mass is 10.1. The first-order valence-corrected chi connectivity index (χ1v) is 6.97. The molecule has 1 aromatic carbocycles. The molecule has 0 bridgehead atoms. The highest BCUT2D eigenvalue weighted by Crippen LogP contribution is 2.11. The minimum atomic E-state index is -0.290. The van der Waals surface area contributed by atoms with Crippen molar-refractivity contribution in [2.75, 3.05) is 6.54 Å². The fraction of sp³-hybridized carbons (Fsp3) is 0.375. The number of aromatic nitrogens is 2. The lowest BCUT2D eigenvalue weighted by molar-refractivity contribution is -0.120. The number of hydrogen-bond donors (Lipinski definition) is 1. The minimum absolute atomic E-state index is 0.0548. The van der Waals surface area contributed by atoms with Gasteiger partial charge in [0, 0.05) is 19.3 Å². The van der Waals surface area contributed by atoms with Crippen LogP contribution in [0.4, 0.5) is 4.39 Å². The second-order valence-corrected chi connectivity index (χ2v) is 5.18. The van der Waals surface area contributed by atoms with Crippen molar-refractivity contribution >= 4 is 5.91 Å². The van der Waals surface area contributed by atoms with Crippen LogP contribution in [0, 0.1) is 19.7 Å². The van der Waals surface area contributed by atoms with E-state index in [4.69, 9.17) is 0 Å². The first-order valence-electron chi connectivity index (χ1n) is 6.97. The van der Waals surface area contributed by atoms with Gasteiger partial charge in [0.2, 0.25) is 5.91 Å². The van der Waals surface area contributed by atoms with Crippen LogP contribution in [0.5, 0.6) is 0 Å².